The summed E-state index contributed by atoms with van der Waals surface area (Å²) in [6, 6.07) is 34.9. The van der Waals surface area contributed by atoms with Crippen molar-refractivity contribution >= 4 is 39.0 Å². The molecule has 0 saturated carbocycles. The molecule has 4 aromatic carbocycles. The summed E-state index contributed by atoms with van der Waals surface area (Å²) in [5.74, 6) is 0. The van der Waals surface area contributed by atoms with Gasteiger partial charge in [-0.05, 0) is 60.4 Å². The fourth-order valence-electron chi connectivity index (χ4n) is 4.84. The summed E-state index contributed by atoms with van der Waals surface area (Å²) in [5.41, 5.74) is 7.76. The van der Waals surface area contributed by atoms with Crippen molar-refractivity contribution in [1.29, 1.82) is 0 Å². The van der Waals surface area contributed by atoms with E-state index >= 15 is 0 Å². The van der Waals surface area contributed by atoms with Crippen LogP contribution in [-0.4, -0.2) is 4.98 Å². The van der Waals surface area contributed by atoms with Crippen LogP contribution in [0.5, 0.6) is 0 Å². The van der Waals surface area contributed by atoms with E-state index in [-0.39, 0.29) is 4.87 Å². The minimum atomic E-state index is -0.318. The smallest absolute Gasteiger partial charge is 0.147 e. The number of para-hydroxylation sites is 2. The molecule has 0 bridgehead atoms. The first-order valence-corrected chi connectivity index (χ1v) is 13.3. The summed E-state index contributed by atoms with van der Waals surface area (Å²) in [6.07, 6.45) is 0.894. The number of thioether (sulfide) groups is 1. The molecule has 0 radical (unpaired) electrons. The van der Waals surface area contributed by atoms with Gasteiger partial charge in [-0.1, -0.05) is 84.6 Å². The monoisotopic (exact) mass is 478 g/mol. The molecule has 0 aliphatic carbocycles. The Morgan fingerprint density at radius 1 is 0.735 bits per heavy atom. The predicted molar refractivity (Wildman–Crippen MR) is 146 cm³/mol. The molecule has 2 nitrogen and oxygen atoms in total. The van der Waals surface area contributed by atoms with E-state index in [4.69, 9.17) is 4.98 Å². The average molecular weight is 479 g/mol. The number of nitrogens with zero attached hydrogens (tertiary/aromatic N) is 2. The van der Waals surface area contributed by atoms with Crippen LogP contribution in [0.3, 0.4) is 0 Å². The summed E-state index contributed by atoms with van der Waals surface area (Å²) < 4.78 is 1.24. The number of hydrogen-bond acceptors (Lipinski definition) is 4. The fraction of sp³-hybridized carbons (Fsp3) is 0.167. The molecular weight excluding hydrogens is 452 g/mol. The second-order valence-corrected chi connectivity index (χ2v) is 11.3. The number of benzene rings is 4. The van der Waals surface area contributed by atoms with Gasteiger partial charge in [0, 0.05) is 17.9 Å². The topological polar surface area (TPSA) is 16.1 Å². The Kier molecular flexibility index (Phi) is 5.43. The van der Waals surface area contributed by atoms with Crippen LogP contribution in [0.2, 0.25) is 0 Å². The van der Waals surface area contributed by atoms with Crippen molar-refractivity contribution in [3.05, 3.63) is 124 Å². The van der Waals surface area contributed by atoms with Crippen LogP contribution in [0.1, 0.15) is 27.3 Å². The lowest BCUT2D eigenvalue weighted by Gasteiger charge is -2.39. The van der Waals surface area contributed by atoms with E-state index in [1.165, 1.54) is 42.5 Å². The zero-order valence-electron chi connectivity index (χ0n) is 19.4. The van der Waals surface area contributed by atoms with Gasteiger partial charge in [-0.2, -0.15) is 0 Å². The van der Waals surface area contributed by atoms with Crippen LogP contribution >= 0.6 is 23.1 Å². The number of fused-ring (bicyclic) bond motifs is 2. The Hall–Kier alpha value is -3.08. The van der Waals surface area contributed by atoms with Crippen molar-refractivity contribution < 1.29 is 0 Å². The van der Waals surface area contributed by atoms with E-state index in [9.17, 15) is 0 Å². The van der Waals surface area contributed by atoms with Crippen LogP contribution in [0, 0.1) is 13.8 Å². The highest BCUT2D eigenvalue weighted by atomic mass is 32.2. The molecule has 4 heteroatoms. The maximum absolute atomic E-state index is 5.25. The van der Waals surface area contributed by atoms with Crippen molar-refractivity contribution in [3.63, 3.8) is 0 Å². The molecule has 1 aliphatic rings. The standard InChI is InChI=1S/C30H26N2S2/c1-21-11-3-5-13-23(21)19-30(29-31-25-15-7-9-17-27(25)33-29)32(20-24-14-6-4-12-22(24)2)26-16-8-10-18-28(26)34-30/h3-18H,19-20H2,1-2H3. The number of rotatable bonds is 5. The quantitative estimate of drug-likeness (QED) is 0.254. The summed E-state index contributed by atoms with van der Waals surface area (Å²) in [7, 11) is 0. The highest BCUT2D eigenvalue weighted by molar-refractivity contribution is 8.01. The minimum absolute atomic E-state index is 0.318. The average Bonchev–Trinajstić information content (AvgIpc) is 3.42. The van der Waals surface area contributed by atoms with E-state index in [1.807, 2.05) is 23.1 Å². The molecule has 0 fully saturated rings. The van der Waals surface area contributed by atoms with Gasteiger partial charge in [0.2, 0.25) is 0 Å². The number of anilines is 1. The van der Waals surface area contributed by atoms with E-state index in [1.54, 1.807) is 0 Å². The molecule has 1 aliphatic heterocycles. The third-order valence-electron chi connectivity index (χ3n) is 6.78. The Labute approximate surface area is 209 Å². The van der Waals surface area contributed by atoms with Gasteiger partial charge >= 0.3 is 0 Å². The first-order valence-electron chi connectivity index (χ1n) is 11.6. The zero-order valence-corrected chi connectivity index (χ0v) is 21.0. The molecule has 0 amide bonds. The van der Waals surface area contributed by atoms with Crippen LogP contribution in [0.4, 0.5) is 5.69 Å². The van der Waals surface area contributed by atoms with Gasteiger partial charge < -0.3 is 4.90 Å². The second kappa shape index (κ2) is 8.61. The third kappa shape index (κ3) is 3.62. The SMILES string of the molecule is Cc1ccccc1CN1c2ccccc2SC1(Cc1ccccc1C)c1nc2ccccc2s1. The number of hydrogen-bond donors (Lipinski definition) is 0. The Bertz CT molecular complexity index is 1460. The number of aromatic nitrogens is 1. The largest absolute Gasteiger partial charge is 0.345 e. The summed E-state index contributed by atoms with van der Waals surface area (Å²) in [6.45, 7) is 5.28. The van der Waals surface area contributed by atoms with Gasteiger partial charge in [0.15, 0.2) is 0 Å². The van der Waals surface area contributed by atoms with Crippen molar-refractivity contribution in [2.75, 3.05) is 4.90 Å². The molecule has 6 rings (SSSR count). The van der Waals surface area contributed by atoms with Crippen molar-refractivity contribution in [2.24, 2.45) is 0 Å². The summed E-state index contributed by atoms with van der Waals surface area (Å²) in [4.78, 5) is 8.86. The van der Waals surface area contributed by atoms with Gasteiger partial charge in [0.1, 0.15) is 9.88 Å². The van der Waals surface area contributed by atoms with E-state index in [0.29, 0.717) is 0 Å². The van der Waals surface area contributed by atoms with Gasteiger partial charge in [0.25, 0.3) is 0 Å². The molecule has 0 spiro atoms. The van der Waals surface area contributed by atoms with Gasteiger partial charge in [-0.15, -0.1) is 11.3 Å². The lowest BCUT2D eigenvalue weighted by atomic mass is 9.98. The molecule has 1 aromatic heterocycles. The number of aryl methyl sites for hydroxylation is 2. The van der Waals surface area contributed by atoms with E-state index in [0.717, 1.165) is 18.5 Å². The fourth-order valence-corrected chi connectivity index (χ4v) is 7.58. The Morgan fingerprint density at radius 3 is 2.15 bits per heavy atom. The van der Waals surface area contributed by atoms with Gasteiger partial charge in [-0.3, -0.25) is 0 Å². The maximum atomic E-state index is 5.25. The molecule has 1 unspecified atom stereocenters. The molecule has 34 heavy (non-hydrogen) atoms. The van der Waals surface area contributed by atoms with Gasteiger partial charge in [0.05, 0.1) is 15.9 Å². The first-order chi connectivity index (χ1) is 16.6. The Balaban J connectivity index is 1.57. The van der Waals surface area contributed by atoms with Crippen LogP contribution in [0.15, 0.2) is 102 Å². The molecule has 168 valence electrons. The lowest BCUT2D eigenvalue weighted by molar-refractivity contribution is 0.565. The summed E-state index contributed by atoms with van der Waals surface area (Å²) >= 11 is 3.80. The Morgan fingerprint density at radius 2 is 1.38 bits per heavy atom. The molecule has 0 saturated heterocycles. The summed E-state index contributed by atoms with van der Waals surface area (Å²) in [5, 5.41) is 1.17. The highest BCUT2D eigenvalue weighted by Gasteiger charge is 2.48. The maximum Gasteiger partial charge on any atom is 0.147 e. The number of thiazole rings is 1. The zero-order chi connectivity index (χ0) is 23.1. The minimum Gasteiger partial charge on any atom is -0.345 e. The first kappa shape index (κ1) is 21.5. The molecule has 0 N–H and O–H groups in total. The third-order valence-corrected chi connectivity index (χ3v) is 9.56. The van der Waals surface area contributed by atoms with Crippen molar-refractivity contribution in [2.45, 2.75) is 36.6 Å². The van der Waals surface area contributed by atoms with Crippen LogP contribution < -0.4 is 4.90 Å². The highest BCUT2D eigenvalue weighted by Crippen LogP contribution is 2.58. The van der Waals surface area contributed by atoms with E-state index < -0.39 is 0 Å². The van der Waals surface area contributed by atoms with Crippen molar-refractivity contribution in [3.8, 4) is 0 Å². The van der Waals surface area contributed by atoms with Crippen LogP contribution in [-0.2, 0) is 17.8 Å². The van der Waals surface area contributed by atoms with E-state index in [2.05, 4.69) is 116 Å². The molecular formula is C30H26N2S2. The van der Waals surface area contributed by atoms with Crippen LogP contribution in [0.25, 0.3) is 10.2 Å². The predicted octanol–water partition coefficient (Wildman–Crippen LogP) is 8.12. The van der Waals surface area contributed by atoms with Crippen molar-refractivity contribution in [1.82, 2.24) is 4.98 Å². The second-order valence-electron chi connectivity index (χ2n) is 8.96. The molecule has 5 aromatic rings. The van der Waals surface area contributed by atoms with Gasteiger partial charge in [-0.25, -0.2) is 4.98 Å². The normalized spacial score (nSPS) is 17.3. The lowest BCUT2D eigenvalue weighted by Crippen LogP contribution is -2.42. The molecule has 1 atom stereocenters. The molecule has 2 heterocycles.